The Morgan fingerprint density at radius 1 is 1.02 bits per heavy atom. The maximum absolute atomic E-state index is 14.4. The number of nitrogens with zero attached hydrogens (tertiary/aromatic N) is 2. The minimum Gasteiger partial charge on any atom is -0.465 e. The van der Waals surface area contributed by atoms with E-state index in [9.17, 15) is 14.4 Å². The SMILES string of the molecule is O=C1N[C@]2(C(=O)NOc3ccccc3)C[C@@H]2/C=C\CCCCC[C@H](Nc2ccccc2)C(=O)N2C[C@H](Oc3nc4ccc(Cl)cc4s3)C[C@@H]12. The van der Waals surface area contributed by atoms with Crippen molar-refractivity contribution in [3.05, 3.63) is 96.0 Å². The van der Waals surface area contributed by atoms with Crippen LogP contribution in [0.1, 0.15) is 44.9 Å². The van der Waals surface area contributed by atoms with Gasteiger partial charge in [0.1, 0.15) is 23.7 Å². The molecule has 10 nitrogen and oxygen atoms in total. The number of anilines is 1. The van der Waals surface area contributed by atoms with Gasteiger partial charge >= 0.3 is 0 Å². The second kappa shape index (κ2) is 14.5. The molecule has 0 unspecified atom stereocenters. The van der Waals surface area contributed by atoms with E-state index in [2.05, 4.69) is 27.2 Å². The van der Waals surface area contributed by atoms with Crippen molar-refractivity contribution in [3.63, 3.8) is 0 Å². The molecule has 2 aliphatic heterocycles. The van der Waals surface area contributed by atoms with Gasteiger partial charge in [0.15, 0.2) is 5.75 Å². The van der Waals surface area contributed by atoms with E-state index in [0.717, 1.165) is 41.6 Å². The second-order valence-electron chi connectivity index (χ2n) is 12.8. The highest BCUT2D eigenvalue weighted by atomic mass is 35.5. The van der Waals surface area contributed by atoms with Gasteiger partial charge in [-0.3, -0.25) is 14.4 Å². The van der Waals surface area contributed by atoms with Gasteiger partial charge in [-0.05, 0) is 68.1 Å². The lowest BCUT2D eigenvalue weighted by Gasteiger charge is -2.30. The van der Waals surface area contributed by atoms with Crippen molar-refractivity contribution in [1.29, 1.82) is 0 Å². The topological polar surface area (TPSA) is 122 Å². The molecule has 3 heterocycles. The lowest BCUT2D eigenvalue weighted by molar-refractivity contribution is -0.141. The summed E-state index contributed by atoms with van der Waals surface area (Å²) in [6, 6.07) is 22.6. The highest BCUT2D eigenvalue weighted by Crippen LogP contribution is 2.45. The molecule has 1 saturated heterocycles. The van der Waals surface area contributed by atoms with E-state index in [0.29, 0.717) is 28.8 Å². The molecule has 3 N–H and O–H groups in total. The summed E-state index contributed by atoms with van der Waals surface area (Å²) in [7, 11) is 0. The van der Waals surface area contributed by atoms with Crippen LogP contribution in [0, 0.1) is 5.92 Å². The van der Waals surface area contributed by atoms with Crippen molar-refractivity contribution in [2.45, 2.75) is 68.7 Å². The first kappa shape index (κ1) is 32.9. The Balaban J connectivity index is 1.16. The number of allylic oxidation sites excluding steroid dienone is 1. The van der Waals surface area contributed by atoms with E-state index < -0.39 is 35.5 Å². The molecular weight excluding hydrogens is 662 g/mol. The normalized spacial score (nSPS) is 26.3. The third-order valence-electron chi connectivity index (χ3n) is 9.36. The lowest BCUT2D eigenvalue weighted by atomic mass is 10.0. The molecule has 0 spiro atoms. The van der Waals surface area contributed by atoms with Crippen LogP contribution in [-0.2, 0) is 14.4 Å². The second-order valence-corrected chi connectivity index (χ2v) is 14.3. The number of thiazole rings is 1. The Morgan fingerprint density at radius 3 is 2.63 bits per heavy atom. The number of carbonyl (C=O) groups is 3. The molecule has 49 heavy (non-hydrogen) atoms. The number of hydrogen-bond acceptors (Lipinski definition) is 8. The van der Waals surface area contributed by atoms with Crippen LogP contribution in [0.4, 0.5) is 5.69 Å². The molecule has 3 amide bonds. The third-order valence-corrected chi connectivity index (χ3v) is 10.5. The summed E-state index contributed by atoms with van der Waals surface area (Å²) in [5, 5.41) is 7.54. The van der Waals surface area contributed by atoms with E-state index in [1.54, 1.807) is 23.1 Å². The van der Waals surface area contributed by atoms with Gasteiger partial charge in [0.05, 0.1) is 16.8 Å². The number of fused-ring (bicyclic) bond motifs is 3. The molecule has 0 radical (unpaired) electrons. The average molecular weight is 700 g/mol. The molecule has 0 bridgehead atoms. The number of benzene rings is 3. The zero-order valence-electron chi connectivity index (χ0n) is 26.8. The number of hydrogen-bond donors (Lipinski definition) is 3. The number of amides is 3. The fraction of sp³-hybridized carbons (Fsp3) is 0.351. The molecule has 3 aromatic carbocycles. The molecule has 1 aromatic heterocycles. The van der Waals surface area contributed by atoms with Crippen molar-refractivity contribution in [2.75, 3.05) is 11.9 Å². The minimum atomic E-state index is -1.20. The minimum absolute atomic E-state index is 0.183. The van der Waals surface area contributed by atoms with E-state index in [1.807, 2.05) is 66.7 Å². The van der Waals surface area contributed by atoms with E-state index in [4.69, 9.17) is 21.2 Å². The fourth-order valence-electron chi connectivity index (χ4n) is 6.66. The summed E-state index contributed by atoms with van der Waals surface area (Å²) in [6.07, 6.45) is 8.47. The first-order valence-electron chi connectivity index (χ1n) is 16.7. The highest BCUT2D eigenvalue weighted by molar-refractivity contribution is 7.20. The van der Waals surface area contributed by atoms with Crippen LogP contribution in [0.5, 0.6) is 10.9 Å². The van der Waals surface area contributed by atoms with E-state index in [-0.39, 0.29) is 24.8 Å². The van der Waals surface area contributed by atoms with Crippen LogP contribution in [0.15, 0.2) is 91.0 Å². The average Bonchev–Trinajstić information content (AvgIpc) is 3.41. The summed E-state index contributed by atoms with van der Waals surface area (Å²) in [5.74, 6) is -0.762. The van der Waals surface area contributed by atoms with Gasteiger partial charge in [-0.1, -0.05) is 84.3 Å². The predicted octanol–water partition coefficient (Wildman–Crippen LogP) is 6.28. The van der Waals surface area contributed by atoms with Gasteiger partial charge in [-0.25, -0.2) is 4.98 Å². The molecule has 254 valence electrons. The summed E-state index contributed by atoms with van der Waals surface area (Å²) in [4.78, 5) is 54.2. The van der Waals surface area contributed by atoms with Gasteiger partial charge in [-0.15, -0.1) is 0 Å². The third kappa shape index (κ3) is 7.52. The number of para-hydroxylation sites is 2. The van der Waals surface area contributed by atoms with E-state index in [1.165, 1.54) is 11.3 Å². The molecule has 5 atom stereocenters. The van der Waals surface area contributed by atoms with Crippen molar-refractivity contribution < 1.29 is 24.0 Å². The van der Waals surface area contributed by atoms with E-state index >= 15 is 0 Å². The van der Waals surface area contributed by atoms with Crippen molar-refractivity contribution in [3.8, 4) is 10.9 Å². The van der Waals surface area contributed by atoms with Crippen LogP contribution < -0.4 is 25.7 Å². The lowest BCUT2D eigenvalue weighted by Crippen LogP contribution is -2.57. The summed E-state index contributed by atoms with van der Waals surface area (Å²) in [5.41, 5.74) is 2.95. The zero-order chi connectivity index (χ0) is 33.8. The number of nitrogens with one attached hydrogen (secondary N) is 3. The fourth-order valence-corrected chi connectivity index (χ4v) is 7.81. The maximum Gasteiger partial charge on any atom is 0.278 e. The molecule has 2 fully saturated rings. The summed E-state index contributed by atoms with van der Waals surface area (Å²) in [6.45, 7) is 0.195. The van der Waals surface area contributed by atoms with Gasteiger partial charge in [0.25, 0.3) is 11.1 Å². The Hall–Kier alpha value is -4.61. The molecule has 4 aromatic rings. The van der Waals surface area contributed by atoms with Gasteiger partial charge in [-0.2, -0.15) is 5.48 Å². The maximum atomic E-state index is 14.4. The summed E-state index contributed by atoms with van der Waals surface area (Å²) < 4.78 is 7.23. The molecular formula is C37H38ClN5O5S. The first-order valence-corrected chi connectivity index (χ1v) is 17.9. The Labute approximate surface area is 293 Å². The monoisotopic (exact) mass is 699 g/mol. The van der Waals surface area contributed by atoms with Gasteiger partial charge < -0.3 is 25.1 Å². The number of aromatic nitrogens is 1. The standard InChI is InChI=1S/C37H38ClN5O5S/c38-25-18-19-29-32(20-25)49-36(40-29)47-28-21-31-33(44)41-37(35(46)42-48-27-15-9-5-10-16-27)22-24(37)12-6-2-1-3-11-17-30(34(45)43(31)23-28)39-26-13-7-4-8-14-26/h4-10,12-16,18-20,24,28,30-31,39H,1-3,11,17,21-23H2,(H,41,44)(H,42,46)/b12-6-/t24-,28+,30-,31-,37+/m0/s1. The summed E-state index contributed by atoms with van der Waals surface area (Å²) >= 11 is 7.57. The Bertz CT molecular complexity index is 1840. The number of rotatable bonds is 7. The number of carbonyl (C=O) groups excluding carboxylic acids is 3. The quantitative estimate of drug-likeness (QED) is 0.153. The molecule has 7 rings (SSSR count). The van der Waals surface area contributed by atoms with Crippen LogP contribution in [0.25, 0.3) is 10.2 Å². The largest absolute Gasteiger partial charge is 0.465 e. The molecule has 1 aliphatic carbocycles. The Kier molecular flexibility index (Phi) is 9.72. The van der Waals surface area contributed by atoms with Gasteiger partial charge in [0.2, 0.25) is 11.8 Å². The molecule has 1 saturated carbocycles. The van der Waals surface area contributed by atoms with Crippen LogP contribution in [0.2, 0.25) is 5.02 Å². The van der Waals surface area contributed by atoms with Crippen molar-refractivity contribution in [2.24, 2.45) is 5.92 Å². The number of hydroxylamine groups is 1. The predicted molar refractivity (Wildman–Crippen MR) is 189 cm³/mol. The van der Waals surface area contributed by atoms with Gasteiger partial charge in [0, 0.05) is 23.0 Å². The zero-order valence-corrected chi connectivity index (χ0v) is 28.4. The van der Waals surface area contributed by atoms with Crippen LogP contribution in [-0.4, -0.2) is 57.9 Å². The highest BCUT2D eigenvalue weighted by Gasteiger charge is 2.61. The number of halogens is 1. The smallest absolute Gasteiger partial charge is 0.278 e. The first-order chi connectivity index (χ1) is 23.9. The van der Waals surface area contributed by atoms with Crippen molar-refractivity contribution >= 4 is 56.6 Å². The van der Waals surface area contributed by atoms with Crippen molar-refractivity contribution in [1.82, 2.24) is 20.7 Å². The van der Waals surface area contributed by atoms with Crippen LogP contribution in [0.3, 0.4) is 0 Å². The molecule has 12 heteroatoms. The Morgan fingerprint density at radius 2 is 1.82 bits per heavy atom. The number of ether oxygens (including phenoxy) is 1. The molecule has 3 aliphatic rings. The van der Waals surface area contributed by atoms with Crippen LogP contribution >= 0.6 is 22.9 Å².